The highest BCUT2D eigenvalue weighted by molar-refractivity contribution is 8.01. The highest BCUT2D eigenvalue weighted by Gasteiger charge is 2.19. The molecule has 5 nitrogen and oxygen atoms in total. The number of anilines is 1. The fourth-order valence-corrected chi connectivity index (χ4v) is 5.01. The standard InChI is InChI=1S/C20H17FN4OS2/c1-26-9-10-27-20-16(22)15-17(12-4-6-14(21)7-5-12)24-18(25-19(15)28-20)13-3-2-8-23-11-13/h2-8,11H,9-10,22H2,1H3. The fraction of sp³-hybridized carbons (Fsp3) is 0.150. The van der Waals surface area contributed by atoms with Crippen molar-refractivity contribution in [2.45, 2.75) is 4.21 Å². The number of nitrogens with two attached hydrogens (primary N) is 1. The summed E-state index contributed by atoms with van der Waals surface area (Å²) in [6.07, 6.45) is 3.43. The molecule has 0 bridgehead atoms. The first-order valence-corrected chi connectivity index (χ1v) is 10.4. The lowest BCUT2D eigenvalue weighted by atomic mass is 10.1. The summed E-state index contributed by atoms with van der Waals surface area (Å²) in [5, 5.41) is 0.796. The van der Waals surface area contributed by atoms with Crippen LogP contribution in [-0.4, -0.2) is 34.4 Å². The summed E-state index contributed by atoms with van der Waals surface area (Å²) >= 11 is 3.17. The molecule has 142 valence electrons. The number of nitrogen functional groups attached to an aromatic ring is 1. The largest absolute Gasteiger partial charge is 0.397 e. The average molecular weight is 413 g/mol. The third kappa shape index (κ3) is 3.71. The summed E-state index contributed by atoms with van der Waals surface area (Å²) in [7, 11) is 1.67. The number of methoxy groups -OCH3 is 1. The average Bonchev–Trinajstić information content (AvgIpc) is 3.04. The van der Waals surface area contributed by atoms with Crippen LogP contribution in [0.15, 0.2) is 53.0 Å². The van der Waals surface area contributed by atoms with Crippen molar-refractivity contribution in [2.24, 2.45) is 0 Å². The Hall–Kier alpha value is -2.55. The third-order valence-electron chi connectivity index (χ3n) is 4.11. The highest BCUT2D eigenvalue weighted by Crippen LogP contribution is 2.43. The molecule has 0 saturated heterocycles. The summed E-state index contributed by atoms with van der Waals surface area (Å²) in [6, 6.07) is 10.0. The van der Waals surface area contributed by atoms with E-state index in [4.69, 9.17) is 20.4 Å². The molecular formula is C20H17FN4OS2. The number of benzene rings is 1. The number of halogens is 1. The summed E-state index contributed by atoms with van der Waals surface area (Å²) in [5.41, 5.74) is 9.40. The van der Waals surface area contributed by atoms with Gasteiger partial charge >= 0.3 is 0 Å². The van der Waals surface area contributed by atoms with Gasteiger partial charge in [-0.2, -0.15) is 0 Å². The van der Waals surface area contributed by atoms with Gasteiger partial charge in [0.2, 0.25) is 0 Å². The minimum absolute atomic E-state index is 0.296. The monoisotopic (exact) mass is 412 g/mol. The molecule has 0 atom stereocenters. The van der Waals surface area contributed by atoms with Crippen molar-refractivity contribution in [1.82, 2.24) is 15.0 Å². The van der Waals surface area contributed by atoms with Crippen LogP contribution in [0.2, 0.25) is 0 Å². The number of fused-ring (bicyclic) bond motifs is 1. The van der Waals surface area contributed by atoms with Crippen molar-refractivity contribution in [3.63, 3.8) is 0 Å². The van der Waals surface area contributed by atoms with E-state index in [1.54, 1.807) is 43.4 Å². The van der Waals surface area contributed by atoms with Gasteiger partial charge in [0, 0.05) is 36.4 Å². The maximum atomic E-state index is 13.4. The number of pyridine rings is 1. The predicted molar refractivity (Wildman–Crippen MR) is 113 cm³/mol. The number of aromatic nitrogens is 3. The molecule has 4 aromatic rings. The number of nitrogens with zero attached hydrogens (tertiary/aromatic N) is 3. The van der Waals surface area contributed by atoms with E-state index in [1.807, 2.05) is 12.1 Å². The topological polar surface area (TPSA) is 73.9 Å². The van der Waals surface area contributed by atoms with Crippen molar-refractivity contribution >= 4 is 39.0 Å². The molecule has 2 N–H and O–H groups in total. The van der Waals surface area contributed by atoms with Gasteiger partial charge in [0.1, 0.15) is 10.6 Å². The van der Waals surface area contributed by atoms with Gasteiger partial charge in [-0.15, -0.1) is 23.1 Å². The molecule has 0 aliphatic rings. The van der Waals surface area contributed by atoms with Crippen LogP contribution >= 0.6 is 23.1 Å². The Labute approximate surface area is 169 Å². The number of ether oxygens (including phenoxy) is 1. The van der Waals surface area contributed by atoms with Crippen LogP contribution in [0.3, 0.4) is 0 Å². The number of hydrogen-bond donors (Lipinski definition) is 1. The van der Waals surface area contributed by atoms with Crippen LogP contribution in [0, 0.1) is 5.82 Å². The Balaban J connectivity index is 1.91. The number of thiophene rings is 1. The van der Waals surface area contributed by atoms with E-state index in [1.165, 1.54) is 23.5 Å². The molecule has 4 rings (SSSR count). The summed E-state index contributed by atoms with van der Waals surface area (Å²) in [5.74, 6) is 1.06. The van der Waals surface area contributed by atoms with Gasteiger partial charge in [0.05, 0.1) is 27.6 Å². The zero-order valence-corrected chi connectivity index (χ0v) is 16.7. The molecule has 0 spiro atoms. The summed E-state index contributed by atoms with van der Waals surface area (Å²) in [6.45, 7) is 0.635. The Bertz CT molecular complexity index is 1100. The fourth-order valence-electron chi connectivity index (χ4n) is 2.77. The third-order valence-corrected chi connectivity index (χ3v) is 6.46. The van der Waals surface area contributed by atoms with Gasteiger partial charge in [-0.05, 0) is 36.4 Å². The van der Waals surface area contributed by atoms with E-state index in [9.17, 15) is 4.39 Å². The smallest absolute Gasteiger partial charge is 0.162 e. The molecule has 0 aliphatic carbocycles. The zero-order valence-electron chi connectivity index (χ0n) is 15.1. The van der Waals surface area contributed by atoms with Gasteiger partial charge in [-0.3, -0.25) is 4.98 Å². The van der Waals surface area contributed by atoms with Crippen LogP contribution in [0.1, 0.15) is 0 Å². The summed E-state index contributed by atoms with van der Waals surface area (Å²) < 4.78 is 19.5. The molecule has 3 aromatic heterocycles. The molecule has 0 radical (unpaired) electrons. The number of rotatable bonds is 6. The predicted octanol–water partition coefficient (Wildman–Crippen LogP) is 4.88. The lowest BCUT2D eigenvalue weighted by Gasteiger charge is -2.07. The van der Waals surface area contributed by atoms with E-state index in [-0.39, 0.29) is 5.82 Å². The van der Waals surface area contributed by atoms with Gasteiger partial charge in [-0.25, -0.2) is 14.4 Å². The molecule has 0 unspecified atom stereocenters. The first-order chi connectivity index (χ1) is 13.7. The van der Waals surface area contributed by atoms with E-state index < -0.39 is 0 Å². The second-order valence-corrected chi connectivity index (χ2v) is 8.33. The maximum absolute atomic E-state index is 13.4. The Morgan fingerprint density at radius 3 is 2.68 bits per heavy atom. The first kappa shape index (κ1) is 18.8. The number of thioether (sulfide) groups is 1. The van der Waals surface area contributed by atoms with Crippen molar-refractivity contribution in [2.75, 3.05) is 25.2 Å². The molecule has 0 aliphatic heterocycles. The van der Waals surface area contributed by atoms with E-state index in [0.29, 0.717) is 23.8 Å². The Morgan fingerprint density at radius 1 is 1.14 bits per heavy atom. The normalized spacial score (nSPS) is 11.2. The highest BCUT2D eigenvalue weighted by atomic mass is 32.2. The van der Waals surface area contributed by atoms with E-state index in [2.05, 4.69) is 4.98 Å². The molecule has 0 fully saturated rings. The first-order valence-electron chi connectivity index (χ1n) is 8.55. The second-order valence-electron chi connectivity index (χ2n) is 5.97. The molecular weight excluding hydrogens is 395 g/mol. The van der Waals surface area contributed by atoms with Crippen LogP contribution < -0.4 is 5.73 Å². The lowest BCUT2D eigenvalue weighted by molar-refractivity contribution is 0.218. The molecule has 1 aromatic carbocycles. The second kappa shape index (κ2) is 8.22. The summed E-state index contributed by atoms with van der Waals surface area (Å²) in [4.78, 5) is 14.4. The lowest BCUT2D eigenvalue weighted by Crippen LogP contribution is -1.96. The SMILES string of the molecule is COCCSc1sc2nc(-c3cccnc3)nc(-c3ccc(F)cc3)c2c1N. The quantitative estimate of drug-likeness (QED) is 0.359. The van der Waals surface area contributed by atoms with Gasteiger partial charge < -0.3 is 10.5 Å². The van der Waals surface area contributed by atoms with Gasteiger partial charge in [0.15, 0.2) is 5.82 Å². The van der Waals surface area contributed by atoms with Crippen LogP contribution in [-0.2, 0) is 4.74 Å². The maximum Gasteiger partial charge on any atom is 0.162 e. The van der Waals surface area contributed by atoms with Crippen molar-refractivity contribution < 1.29 is 9.13 Å². The van der Waals surface area contributed by atoms with Crippen molar-refractivity contribution in [1.29, 1.82) is 0 Å². The number of hydrogen-bond acceptors (Lipinski definition) is 7. The van der Waals surface area contributed by atoms with Crippen LogP contribution in [0.25, 0.3) is 32.9 Å². The van der Waals surface area contributed by atoms with Crippen molar-refractivity contribution in [3.8, 4) is 22.6 Å². The molecule has 0 saturated carbocycles. The minimum atomic E-state index is -0.296. The van der Waals surface area contributed by atoms with Crippen molar-refractivity contribution in [3.05, 3.63) is 54.6 Å². The molecule has 28 heavy (non-hydrogen) atoms. The van der Waals surface area contributed by atoms with E-state index in [0.717, 1.165) is 31.3 Å². The van der Waals surface area contributed by atoms with Gasteiger partial charge in [-0.1, -0.05) is 0 Å². The van der Waals surface area contributed by atoms with Crippen LogP contribution in [0.5, 0.6) is 0 Å². The molecule has 8 heteroatoms. The Morgan fingerprint density at radius 2 is 1.96 bits per heavy atom. The molecule has 3 heterocycles. The van der Waals surface area contributed by atoms with Crippen LogP contribution in [0.4, 0.5) is 10.1 Å². The minimum Gasteiger partial charge on any atom is -0.397 e. The van der Waals surface area contributed by atoms with Gasteiger partial charge in [0.25, 0.3) is 0 Å². The zero-order chi connectivity index (χ0) is 19.5. The molecule has 0 amide bonds. The van der Waals surface area contributed by atoms with E-state index >= 15 is 0 Å². The Kier molecular flexibility index (Phi) is 5.52.